The number of carbonyl (C=O) groups excluding carboxylic acids is 2. The molecular weight excluding hydrogens is 357 g/mol. The first kappa shape index (κ1) is 16.8. The van der Waals surface area contributed by atoms with E-state index in [2.05, 4.69) is 10.6 Å². The van der Waals surface area contributed by atoms with E-state index < -0.39 is 11.5 Å². The number of amides is 2. The average molecular weight is 374 g/mol. The third-order valence-corrected chi connectivity index (χ3v) is 5.27. The Balaban J connectivity index is 1.51. The second kappa shape index (κ2) is 6.29. The van der Waals surface area contributed by atoms with Crippen LogP contribution in [-0.4, -0.2) is 35.5 Å². The molecule has 2 amide bonds. The Labute approximate surface area is 155 Å². The molecule has 2 aromatic rings. The van der Waals surface area contributed by atoms with Crippen molar-refractivity contribution in [2.45, 2.75) is 18.5 Å². The third kappa shape index (κ3) is 2.90. The van der Waals surface area contributed by atoms with Gasteiger partial charge in [0.25, 0.3) is 11.8 Å². The van der Waals surface area contributed by atoms with E-state index in [9.17, 15) is 14.0 Å². The lowest BCUT2D eigenvalue weighted by atomic mass is 9.92. The summed E-state index contributed by atoms with van der Waals surface area (Å²) in [7, 11) is 0. The van der Waals surface area contributed by atoms with Gasteiger partial charge in [-0.05, 0) is 30.3 Å². The Hall–Kier alpha value is -2.60. The number of anilines is 1. The molecule has 1 saturated heterocycles. The summed E-state index contributed by atoms with van der Waals surface area (Å²) in [5.41, 5.74) is 0.840. The molecule has 0 aromatic heterocycles. The van der Waals surface area contributed by atoms with Gasteiger partial charge in [0.2, 0.25) is 0 Å². The van der Waals surface area contributed by atoms with E-state index in [0.717, 1.165) is 0 Å². The van der Waals surface area contributed by atoms with Gasteiger partial charge in [0, 0.05) is 31.5 Å². The molecule has 2 heterocycles. The first-order chi connectivity index (χ1) is 12.5. The fourth-order valence-corrected chi connectivity index (χ4v) is 3.76. The first-order valence-corrected chi connectivity index (χ1v) is 8.79. The molecule has 4 rings (SSSR count). The largest absolute Gasteiger partial charge is 0.361 e. The monoisotopic (exact) mass is 373 g/mol. The summed E-state index contributed by atoms with van der Waals surface area (Å²) in [6.45, 7) is 0.894. The quantitative estimate of drug-likeness (QED) is 0.806. The van der Waals surface area contributed by atoms with Crippen molar-refractivity contribution in [2.24, 2.45) is 0 Å². The summed E-state index contributed by atoms with van der Waals surface area (Å²) in [5.74, 6) is -0.817. The van der Waals surface area contributed by atoms with Gasteiger partial charge in [0.05, 0.1) is 16.3 Å². The molecule has 2 N–H and O–H groups in total. The smallest absolute Gasteiger partial charge is 0.255 e. The van der Waals surface area contributed by atoms with Gasteiger partial charge in [0.1, 0.15) is 11.5 Å². The van der Waals surface area contributed by atoms with Crippen LogP contribution in [0, 0.1) is 5.82 Å². The maximum Gasteiger partial charge on any atom is 0.255 e. The standard InChI is InChI=1S/C19H17ClFN3O2/c20-15-6-2-5-14-16(15)22-19(23-17(14)25)7-9-24(10-8-19)18(26)12-3-1-4-13(21)11-12/h1-6,11,22H,7-10H2,(H,23,25). The zero-order chi connectivity index (χ0) is 18.3. The zero-order valence-electron chi connectivity index (χ0n) is 13.9. The van der Waals surface area contributed by atoms with E-state index in [4.69, 9.17) is 11.6 Å². The highest BCUT2D eigenvalue weighted by Gasteiger charge is 2.41. The number of rotatable bonds is 1. The Kier molecular flexibility index (Phi) is 4.07. The predicted octanol–water partition coefficient (Wildman–Crippen LogP) is 3.27. The van der Waals surface area contributed by atoms with Crippen LogP contribution in [0.2, 0.25) is 5.02 Å². The molecule has 2 aliphatic rings. The fraction of sp³-hybridized carbons (Fsp3) is 0.263. The topological polar surface area (TPSA) is 61.4 Å². The van der Waals surface area contributed by atoms with Crippen molar-refractivity contribution in [1.29, 1.82) is 0 Å². The summed E-state index contributed by atoms with van der Waals surface area (Å²) in [6.07, 6.45) is 1.06. The Morgan fingerprint density at radius 1 is 1.12 bits per heavy atom. The average Bonchev–Trinajstić information content (AvgIpc) is 2.63. The van der Waals surface area contributed by atoms with Crippen LogP contribution in [0.1, 0.15) is 33.6 Å². The van der Waals surface area contributed by atoms with Crippen molar-refractivity contribution in [2.75, 3.05) is 18.4 Å². The van der Waals surface area contributed by atoms with Gasteiger partial charge in [-0.25, -0.2) is 4.39 Å². The normalized spacial score (nSPS) is 18.1. The molecule has 0 atom stereocenters. The van der Waals surface area contributed by atoms with E-state index in [-0.39, 0.29) is 11.8 Å². The van der Waals surface area contributed by atoms with Crippen molar-refractivity contribution in [3.63, 3.8) is 0 Å². The third-order valence-electron chi connectivity index (χ3n) is 4.95. The molecule has 5 nitrogen and oxygen atoms in total. The van der Waals surface area contributed by atoms with Crippen molar-refractivity contribution < 1.29 is 14.0 Å². The first-order valence-electron chi connectivity index (χ1n) is 8.41. The number of carbonyl (C=O) groups is 2. The predicted molar refractivity (Wildman–Crippen MR) is 96.8 cm³/mol. The van der Waals surface area contributed by atoms with Crippen LogP contribution in [0.3, 0.4) is 0 Å². The molecule has 2 aliphatic heterocycles. The van der Waals surface area contributed by atoms with Gasteiger partial charge in [-0.1, -0.05) is 23.7 Å². The van der Waals surface area contributed by atoms with E-state index in [1.54, 1.807) is 29.2 Å². The molecule has 0 unspecified atom stereocenters. The van der Waals surface area contributed by atoms with Crippen LogP contribution < -0.4 is 10.6 Å². The van der Waals surface area contributed by atoms with Crippen LogP contribution in [0.15, 0.2) is 42.5 Å². The van der Waals surface area contributed by atoms with E-state index in [1.165, 1.54) is 18.2 Å². The minimum Gasteiger partial charge on any atom is -0.361 e. The number of fused-ring (bicyclic) bond motifs is 1. The van der Waals surface area contributed by atoms with Gasteiger partial charge in [-0.15, -0.1) is 0 Å². The summed E-state index contributed by atoms with van der Waals surface area (Å²) >= 11 is 6.24. The van der Waals surface area contributed by atoms with Crippen molar-refractivity contribution in [1.82, 2.24) is 10.2 Å². The highest BCUT2D eigenvalue weighted by Crippen LogP contribution is 2.35. The summed E-state index contributed by atoms with van der Waals surface area (Å²) in [6, 6.07) is 10.9. The molecule has 2 aromatic carbocycles. The van der Waals surface area contributed by atoms with Crippen LogP contribution in [0.25, 0.3) is 0 Å². The highest BCUT2D eigenvalue weighted by molar-refractivity contribution is 6.34. The molecular formula is C19H17ClFN3O2. The molecule has 134 valence electrons. The van der Waals surface area contributed by atoms with Crippen LogP contribution >= 0.6 is 11.6 Å². The van der Waals surface area contributed by atoms with Gasteiger partial charge < -0.3 is 15.5 Å². The number of hydrogen-bond acceptors (Lipinski definition) is 3. The van der Waals surface area contributed by atoms with Crippen molar-refractivity contribution in [3.05, 3.63) is 64.4 Å². The van der Waals surface area contributed by atoms with E-state index in [1.807, 2.05) is 0 Å². The lowest BCUT2D eigenvalue weighted by molar-refractivity contribution is 0.0639. The number of piperidine rings is 1. The second-order valence-electron chi connectivity index (χ2n) is 6.63. The van der Waals surface area contributed by atoms with Gasteiger partial charge >= 0.3 is 0 Å². The van der Waals surface area contributed by atoms with Crippen LogP contribution in [-0.2, 0) is 0 Å². The summed E-state index contributed by atoms with van der Waals surface area (Å²) in [5, 5.41) is 6.87. The molecule has 0 radical (unpaired) electrons. The van der Waals surface area contributed by atoms with E-state index in [0.29, 0.717) is 47.8 Å². The fourth-order valence-electron chi connectivity index (χ4n) is 3.54. The number of hydrogen-bond donors (Lipinski definition) is 2. The van der Waals surface area contributed by atoms with Crippen molar-refractivity contribution in [3.8, 4) is 0 Å². The maximum absolute atomic E-state index is 13.4. The van der Waals surface area contributed by atoms with Gasteiger partial charge in [-0.3, -0.25) is 9.59 Å². The molecule has 0 saturated carbocycles. The minimum atomic E-state index is -0.631. The molecule has 0 bridgehead atoms. The highest BCUT2D eigenvalue weighted by atomic mass is 35.5. The summed E-state index contributed by atoms with van der Waals surface area (Å²) in [4.78, 5) is 26.7. The number of likely N-dealkylation sites (tertiary alicyclic amines) is 1. The maximum atomic E-state index is 13.4. The molecule has 7 heteroatoms. The Morgan fingerprint density at radius 3 is 2.58 bits per heavy atom. The van der Waals surface area contributed by atoms with Crippen LogP contribution in [0.4, 0.5) is 10.1 Å². The minimum absolute atomic E-state index is 0.175. The molecule has 0 aliphatic carbocycles. The van der Waals surface area contributed by atoms with Crippen LogP contribution in [0.5, 0.6) is 0 Å². The second-order valence-corrected chi connectivity index (χ2v) is 7.03. The lowest BCUT2D eigenvalue weighted by Gasteiger charge is -2.46. The SMILES string of the molecule is O=C1NC2(CCN(C(=O)c3cccc(F)c3)CC2)Nc2c(Cl)cccc21. The van der Waals surface area contributed by atoms with Gasteiger partial charge in [-0.2, -0.15) is 0 Å². The molecule has 1 fully saturated rings. The number of benzene rings is 2. The lowest BCUT2D eigenvalue weighted by Crippen LogP contribution is -2.62. The number of halogens is 2. The zero-order valence-corrected chi connectivity index (χ0v) is 14.6. The summed E-state index contributed by atoms with van der Waals surface area (Å²) < 4.78 is 13.4. The number of nitrogens with one attached hydrogen (secondary N) is 2. The molecule has 1 spiro atoms. The van der Waals surface area contributed by atoms with Crippen molar-refractivity contribution >= 4 is 29.1 Å². The van der Waals surface area contributed by atoms with E-state index >= 15 is 0 Å². The number of para-hydroxylation sites is 1. The van der Waals surface area contributed by atoms with Gasteiger partial charge in [0.15, 0.2) is 0 Å². The Bertz CT molecular complexity index is 894. The number of nitrogens with zero attached hydrogens (tertiary/aromatic N) is 1. The molecule has 26 heavy (non-hydrogen) atoms. The Morgan fingerprint density at radius 2 is 1.85 bits per heavy atom.